The number of hydrogen-bond donors (Lipinski definition) is 1. The molecular weight excluding hydrogens is 246 g/mol. The largest absolute Gasteiger partial charge is 0.379 e. The number of ether oxygens (including phenoxy) is 1. The second-order valence-corrected chi connectivity index (χ2v) is 4.97. The molecule has 2 aromatic heterocycles. The van der Waals surface area contributed by atoms with Crippen molar-refractivity contribution in [3.63, 3.8) is 0 Å². The lowest BCUT2D eigenvalue weighted by Gasteiger charge is -2.07. The van der Waals surface area contributed by atoms with Crippen molar-refractivity contribution in [1.29, 1.82) is 0 Å². The first-order valence-corrected chi connectivity index (χ1v) is 6.74. The monoisotopic (exact) mass is 265 g/mol. The fourth-order valence-electron chi connectivity index (χ4n) is 1.89. The molecule has 0 bridgehead atoms. The molecule has 4 nitrogen and oxygen atoms in total. The third-order valence-electron chi connectivity index (χ3n) is 2.76. The Morgan fingerprint density at radius 3 is 3.06 bits per heavy atom. The van der Waals surface area contributed by atoms with Gasteiger partial charge in [0.1, 0.15) is 0 Å². The maximum absolute atomic E-state index is 5.52. The molecule has 18 heavy (non-hydrogen) atoms. The summed E-state index contributed by atoms with van der Waals surface area (Å²) in [6, 6.07) is 3.91. The molecule has 5 heteroatoms. The number of aryl methyl sites for hydroxylation is 1. The van der Waals surface area contributed by atoms with Crippen LogP contribution < -0.4 is 0 Å². The predicted molar refractivity (Wildman–Crippen MR) is 75.2 cm³/mol. The summed E-state index contributed by atoms with van der Waals surface area (Å²) in [6.07, 6.45) is 4.19. The van der Waals surface area contributed by atoms with E-state index in [1.54, 1.807) is 6.20 Å². The van der Waals surface area contributed by atoms with Crippen molar-refractivity contribution in [2.45, 2.75) is 39.3 Å². The van der Waals surface area contributed by atoms with Crippen LogP contribution in [0.5, 0.6) is 0 Å². The van der Waals surface area contributed by atoms with Crippen LogP contribution in [0.4, 0.5) is 0 Å². The number of aromatic nitrogens is 3. The minimum atomic E-state index is 0.307. The summed E-state index contributed by atoms with van der Waals surface area (Å²) >= 11 is 5.31. The zero-order chi connectivity index (χ0) is 13.0. The lowest BCUT2D eigenvalue weighted by Crippen LogP contribution is -2.05. The molecule has 0 saturated heterocycles. The molecule has 2 heterocycles. The maximum atomic E-state index is 5.52. The van der Waals surface area contributed by atoms with Gasteiger partial charge in [0.25, 0.3) is 0 Å². The first kappa shape index (κ1) is 13.2. The summed E-state index contributed by atoms with van der Waals surface area (Å²) in [5.74, 6) is 0. The number of H-pyrrole nitrogens is 1. The molecule has 0 amide bonds. The molecule has 2 aromatic rings. The van der Waals surface area contributed by atoms with E-state index < -0.39 is 0 Å². The Hall–Kier alpha value is -1.20. The highest BCUT2D eigenvalue weighted by molar-refractivity contribution is 7.71. The van der Waals surface area contributed by atoms with Crippen LogP contribution in [0.1, 0.15) is 26.7 Å². The summed E-state index contributed by atoms with van der Waals surface area (Å²) in [4.78, 5) is 7.53. The average Bonchev–Trinajstić information content (AvgIpc) is 2.65. The zero-order valence-corrected chi connectivity index (χ0v) is 11.7. The van der Waals surface area contributed by atoms with Crippen LogP contribution in [-0.4, -0.2) is 27.2 Å². The number of aromatic amines is 1. The Bertz CT molecular complexity index is 559. The summed E-state index contributed by atoms with van der Waals surface area (Å²) in [6.45, 7) is 5.80. The van der Waals surface area contributed by atoms with Crippen LogP contribution in [0.25, 0.3) is 11.2 Å². The number of nitrogens with zero attached hydrogens (tertiary/aromatic N) is 2. The molecule has 0 saturated carbocycles. The van der Waals surface area contributed by atoms with E-state index in [4.69, 9.17) is 17.0 Å². The predicted octanol–water partition coefficient (Wildman–Crippen LogP) is 3.30. The van der Waals surface area contributed by atoms with E-state index in [0.29, 0.717) is 6.10 Å². The molecule has 0 spiro atoms. The number of nitrogens with one attached hydrogen (secondary N) is 1. The highest BCUT2D eigenvalue weighted by atomic mass is 32.1. The molecule has 0 radical (unpaired) electrons. The topological polar surface area (TPSA) is 42.8 Å². The third kappa shape index (κ3) is 3.17. The first-order valence-electron chi connectivity index (χ1n) is 6.33. The van der Waals surface area contributed by atoms with Crippen LogP contribution in [-0.2, 0) is 11.3 Å². The molecule has 1 N–H and O–H groups in total. The van der Waals surface area contributed by atoms with Crippen molar-refractivity contribution >= 4 is 23.4 Å². The molecular formula is C13H19N3OS. The van der Waals surface area contributed by atoms with Gasteiger partial charge in [-0.3, -0.25) is 0 Å². The summed E-state index contributed by atoms with van der Waals surface area (Å²) < 4.78 is 8.32. The van der Waals surface area contributed by atoms with Gasteiger partial charge in [0.05, 0.1) is 11.6 Å². The van der Waals surface area contributed by atoms with Crippen molar-refractivity contribution in [2.75, 3.05) is 6.61 Å². The first-order chi connectivity index (χ1) is 8.68. The van der Waals surface area contributed by atoms with Gasteiger partial charge in [-0.1, -0.05) is 0 Å². The summed E-state index contributed by atoms with van der Waals surface area (Å²) in [7, 11) is 0. The number of fused-ring (bicyclic) bond motifs is 1. The molecule has 98 valence electrons. The second kappa shape index (κ2) is 6.11. The molecule has 2 rings (SSSR count). The van der Waals surface area contributed by atoms with E-state index in [1.165, 1.54) is 0 Å². The number of unbranched alkanes of at least 4 members (excludes halogenated alkanes) is 1. The van der Waals surface area contributed by atoms with Crippen LogP contribution in [0.15, 0.2) is 18.3 Å². The Morgan fingerprint density at radius 2 is 2.28 bits per heavy atom. The average molecular weight is 265 g/mol. The molecule has 0 unspecified atom stereocenters. The van der Waals surface area contributed by atoms with Gasteiger partial charge in [-0.15, -0.1) is 0 Å². The van der Waals surface area contributed by atoms with E-state index in [2.05, 4.69) is 28.4 Å². The minimum Gasteiger partial charge on any atom is -0.379 e. The van der Waals surface area contributed by atoms with Crippen molar-refractivity contribution in [1.82, 2.24) is 14.5 Å². The highest BCUT2D eigenvalue weighted by Gasteiger charge is 2.04. The normalized spacial score (nSPS) is 11.5. The molecule has 0 atom stereocenters. The minimum absolute atomic E-state index is 0.307. The van der Waals surface area contributed by atoms with Gasteiger partial charge < -0.3 is 14.3 Å². The van der Waals surface area contributed by atoms with E-state index >= 15 is 0 Å². The zero-order valence-electron chi connectivity index (χ0n) is 10.8. The van der Waals surface area contributed by atoms with Gasteiger partial charge in [-0.2, -0.15) is 0 Å². The molecule has 0 aliphatic heterocycles. The van der Waals surface area contributed by atoms with Crippen LogP contribution >= 0.6 is 12.2 Å². The van der Waals surface area contributed by atoms with Crippen LogP contribution in [0.2, 0.25) is 0 Å². The fourth-order valence-corrected chi connectivity index (χ4v) is 2.17. The molecule has 0 aromatic carbocycles. The number of imidazole rings is 1. The van der Waals surface area contributed by atoms with Gasteiger partial charge in [-0.05, 0) is 51.0 Å². The van der Waals surface area contributed by atoms with Gasteiger partial charge in [0, 0.05) is 19.3 Å². The summed E-state index contributed by atoms with van der Waals surface area (Å²) in [5.41, 5.74) is 1.94. The van der Waals surface area contributed by atoms with Gasteiger partial charge in [-0.25, -0.2) is 4.98 Å². The van der Waals surface area contributed by atoms with Crippen molar-refractivity contribution in [3.8, 4) is 0 Å². The fraction of sp³-hybridized carbons (Fsp3) is 0.538. The van der Waals surface area contributed by atoms with E-state index in [1.807, 2.05) is 12.1 Å². The second-order valence-electron chi connectivity index (χ2n) is 4.58. The Morgan fingerprint density at radius 1 is 1.44 bits per heavy atom. The van der Waals surface area contributed by atoms with Gasteiger partial charge in [0.2, 0.25) is 0 Å². The maximum Gasteiger partial charge on any atom is 0.179 e. The standard InChI is InChI=1S/C13H19N3OS/c1-10(2)17-9-4-3-8-16-12-11(15-13(16)18)6-5-7-14-12/h5-7,10H,3-4,8-9H2,1-2H3,(H,15,18). The van der Waals surface area contributed by atoms with Crippen molar-refractivity contribution in [3.05, 3.63) is 23.1 Å². The van der Waals surface area contributed by atoms with Crippen molar-refractivity contribution in [2.24, 2.45) is 0 Å². The quantitative estimate of drug-likeness (QED) is 0.643. The lowest BCUT2D eigenvalue weighted by molar-refractivity contribution is 0.0754. The molecule has 0 aliphatic carbocycles. The van der Waals surface area contributed by atoms with E-state index in [9.17, 15) is 0 Å². The number of pyridine rings is 1. The Labute approximate surface area is 112 Å². The number of rotatable bonds is 6. The van der Waals surface area contributed by atoms with E-state index in [0.717, 1.165) is 41.9 Å². The summed E-state index contributed by atoms with van der Waals surface area (Å²) in [5, 5.41) is 0. The number of hydrogen-bond acceptors (Lipinski definition) is 3. The lowest BCUT2D eigenvalue weighted by atomic mass is 10.3. The third-order valence-corrected chi connectivity index (χ3v) is 3.08. The molecule has 0 fully saturated rings. The van der Waals surface area contributed by atoms with Crippen LogP contribution in [0.3, 0.4) is 0 Å². The Kier molecular flexibility index (Phi) is 4.49. The van der Waals surface area contributed by atoms with E-state index in [-0.39, 0.29) is 0 Å². The highest BCUT2D eigenvalue weighted by Crippen LogP contribution is 2.11. The van der Waals surface area contributed by atoms with Gasteiger partial charge in [0.15, 0.2) is 10.4 Å². The molecule has 0 aliphatic rings. The van der Waals surface area contributed by atoms with Gasteiger partial charge >= 0.3 is 0 Å². The van der Waals surface area contributed by atoms with Crippen LogP contribution in [0, 0.1) is 4.77 Å². The smallest absolute Gasteiger partial charge is 0.179 e. The van der Waals surface area contributed by atoms with Crippen molar-refractivity contribution < 1.29 is 4.74 Å². The Balaban J connectivity index is 1.95. The SMILES string of the molecule is CC(C)OCCCCn1c(=S)[nH]c2cccnc21.